The van der Waals surface area contributed by atoms with Crippen molar-refractivity contribution < 1.29 is 4.74 Å². The molecule has 0 atom stereocenters. The molecular weight excluding hydrogens is 160 g/mol. The Balaban J connectivity index is 2.23. The lowest BCUT2D eigenvalue weighted by atomic mass is 10.1. The van der Waals surface area contributed by atoms with E-state index in [4.69, 9.17) is 4.74 Å². The van der Waals surface area contributed by atoms with Crippen LogP contribution < -0.4 is 4.74 Å². The Morgan fingerprint density at radius 3 is 2.92 bits per heavy atom. The second-order valence-corrected chi connectivity index (χ2v) is 3.63. The van der Waals surface area contributed by atoms with Gasteiger partial charge in [-0.25, -0.2) is 0 Å². The van der Waals surface area contributed by atoms with E-state index in [2.05, 4.69) is 24.3 Å². The number of fused-ring (bicyclic) bond motifs is 1. The molecule has 0 bridgehead atoms. The van der Waals surface area contributed by atoms with Crippen LogP contribution in [-0.4, -0.2) is 6.10 Å². The number of allylic oxidation sites excluding steroid dienone is 1. The van der Waals surface area contributed by atoms with Gasteiger partial charge in [0.1, 0.15) is 5.75 Å². The van der Waals surface area contributed by atoms with Gasteiger partial charge < -0.3 is 4.74 Å². The molecular formula is C12H14O. The predicted molar refractivity (Wildman–Crippen MR) is 54.9 cm³/mol. The van der Waals surface area contributed by atoms with Crippen LogP contribution in [0.2, 0.25) is 0 Å². The Hall–Kier alpha value is -1.24. The lowest BCUT2D eigenvalue weighted by molar-refractivity contribution is 0.242. The lowest BCUT2D eigenvalue weighted by Crippen LogP contribution is -2.05. The van der Waals surface area contributed by atoms with Gasteiger partial charge in [0.25, 0.3) is 0 Å². The van der Waals surface area contributed by atoms with Gasteiger partial charge in [0, 0.05) is 0 Å². The summed E-state index contributed by atoms with van der Waals surface area (Å²) in [7, 11) is 0. The molecule has 0 heterocycles. The van der Waals surface area contributed by atoms with E-state index in [0.29, 0.717) is 0 Å². The minimum absolute atomic E-state index is 0.257. The summed E-state index contributed by atoms with van der Waals surface area (Å²) in [6.07, 6.45) is 5.65. The van der Waals surface area contributed by atoms with Crippen molar-refractivity contribution in [2.75, 3.05) is 0 Å². The highest BCUT2D eigenvalue weighted by atomic mass is 16.5. The van der Waals surface area contributed by atoms with Crippen LogP contribution in [0.1, 0.15) is 25.0 Å². The van der Waals surface area contributed by atoms with E-state index in [9.17, 15) is 0 Å². The van der Waals surface area contributed by atoms with Crippen LogP contribution in [0.5, 0.6) is 5.75 Å². The maximum Gasteiger partial charge on any atom is 0.120 e. The minimum Gasteiger partial charge on any atom is -0.491 e. The fraction of sp³-hybridized carbons (Fsp3) is 0.333. The lowest BCUT2D eigenvalue weighted by Gasteiger charge is -2.10. The summed E-state index contributed by atoms with van der Waals surface area (Å²) in [5.74, 6) is 0.984. The van der Waals surface area contributed by atoms with Crippen LogP contribution in [0.4, 0.5) is 0 Å². The Labute approximate surface area is 79.0 Å². The van der Waals surface area contributed by atoms with Crippen LogP contribution in [0.3, 0.4) is 0 Å². The fourth-order valence-corrected chi connectivity index (χ4v) is 1.58. The van der Waals surface area contributed by atoms with E-state index < -0.39 is 0 Å². The zero-order chi connectivity index (χ0) is 9.26. The smallest absolute Gasteiger partial charge is 0.120 e. The standard InChI is InChI=1S/C12H14O/c1-9(2)13-12-7-6-10-4-3-5-11(10)8-12/h3-4,6-9H,5H2,1-2H3. The summed E-state index contributed by atoms with van der Waals surface area (Å²) in [5, 5.41) is 0. The van der Waals surface area contributed by atoms with E-state index in [1.807, 2.05) is 19.9 Å². The summed E-state index contributed by atoms with van der Waals surface area (Å²) in [6, 6.07) is 6.29. The second-order valence-electron chi connectivity index (χ2n) is 3.63. The second kappa shape index (κ2) is 3.25. The molecule has 1 aliphatic carbocycles. The van der Waals surface area contributed by atoms with Gasteiger partial charge in [-0.3, -0.25) is 0 Å². The van der Waals surface area contributed by atoms with Crippen LogP contribution in [-0.2, 0) is 6.42 Å². The van der Waals surface area contributed by atoms with Crippen molar-refractivity contribution in [1.29, 1.82) is 0 Å². The molecule has 0 saturated carbocycles. The van der Waals surface area contributed by atoms with Gasteiger partial charge in [0.2, 0.25) is 0 Å². The highest BCUT2D eigenvalue weighted by molar-refractivity contribution is 5.61. The number of rotatable bonds is 2. The number of hydrogen-bond donors (Lipinski definition) is 0. The molecule has 0 fully saturated rings. The molecule has 68 valence electrons. The van der Waals surface area contributed by atoms with Crippen molar-refractivity contribution in [2.24, 2.45) is 0 Å². The zero-order valence-corrected chi connectivity index (χ0v) is 8.08. The molecule has 0 N–H and O–H groups in total. The van der Waals surface area contributed by atoms with Gasteiger partial charge in [-0.2, -0.15) is 0 Å². The maximum absolute atomic E-state index is 5.61. The van der Waals surface area contributed by atoms with Gasteiger partial charge in [-0.05, 0) is 43.5 Å². The molecule has 1 aromatic carbocycles. The SMILES string of the molecule is CC(C)Oc1ccc2c(c1)CC=C2. The average Bonchev–Trinajstić information content (AvgIpc) is 2.49. The summed E-state index contributed by atoms with van der Waals surface area (Å²) >= 11 is 0. The number of ether oxygens (including phenoxy) is 1. The van der Waals surface area contributed by atoms with E-state index in [-0.39, 0.29) is 6.10 Å². The molecule has 0 unspecified atom stereocenters. The van der Waals surface area contributed by atoms with E-state index >= 15 is 0 Å². The zero-order valence-electron chi connectivity index (χ0n) is 8.08. The number of benzene rings is 1. The van der Waals surface area contributed by atoms with Crippen LogP contribution >= 0.6 is 0 Å². The van der Waals surface area contributed by atoms with Gasteiger partial charge in [-0.1, -0.05) is 18.2 Å². The Kier molecular flexibility index (Phi) is 2.09. The molecule has 13 heavy (non-hydrogen) atoms. The van der Waals surface area contributed by atoms with Crippen LogP contribution in [0.25, 0.3) is 6.08 Å². The molecule has 1 nitrogen and oxygen atoms in total. The van der Waals surface area contributed by atoms with E-state index in [1.54, 1.807) is 0 Å². The van der Waals surface area contributed by atoms with Gasteiger partial charge in [0.15, 0.2) is 0 Å². The first-order chi connectivity index (χ1) is 6.25. The first kappa shape index (κ1) is 8.36. The largest absolute Gasteiger partial charge is 0.491 e. The highest BCUT2D eigenvalue weighted by Gasteiger charge is 2.06. The molecule has 0 aliphatic heterocycles. The Morgan fingerprint density at radius 2 is 2.15 bits per heavy atom. The summed E-state index contributed by atoms with van der Waals surface area (Å²) in [4.78, 5) is 0. The monoisotopic (exact) mass is 174 g/mol. The van der Waals surface area contributed by atoms with Crippen LogP contribution in [0.15, 0.2) is 24.3 Å². The average molecular weight is 174 g/mol. The van der Waals surface area contributed by atoms with E-state index in [0.717, 1.165) is 12.2 Å². The van der Waals surface area contributed by atoms with Gasteiger partial charge in [-0.15, -0.1) is 0 Å². The first-order valence-electron chi connectivity index (χ1n) is 4.72. The van der Waals surface area contributed by atoms with Crippen molar-refractivity contribution in [2.45, 2.75) is 26.4 Å². The third-order valence-corrected chi connectivity index (χ3v) is 2.12. The molecule has 0 amide bonds. The molecule has 0 radical (unpaired) electrons. The Bertz CT molecular complexity index is 337. The third kappa shape index (κ3) is 1.74. The summed E-state index contributed by atoms with van der Waals surface area (Å²) < 4.78 is 5.61. The molecule has 1 aromatic rings. The highest BCUT2D eigenvalue weighted by Crippen LogP contribution is 2.24. The number of hydrogen-bond acceptors (Lipinski definition) is 1. The van der Waals surface area contributed by atoms with Crippen LogP contribution in [0, 0.1) is 0 Å². The van der Waals surface area contributed by atoms with Gasteiger partial charge >= 0.3 is 0 Å². The van der Waals surface area contributed by atoms with E-state index in [1.165, 1.54) is 11.1 Å². The summed E-state index contributed by atoms with van der Waals surface area (Å²) in [5.41, 5.74) is 2.70. The molecule has 2 rings (SSSR count). The van der Waals surface area contributed by atoms with Crippen molar-refractivity contribution in [3.05, 3.63) is 35.4 Å². The normalized spacial score (nSPS) is 13.5. The summed E-state index contributed by atoms with van der Waals surface area (Å²) in [6.45, 7) is 4.09. The van der Waals surface area contributed by atoms with Crippen molar-refractivity contribution >= 4 is 6.08 Å². The Morgan fingerprint density at radius 1 is 1.31 bits per heavy atom. The molecule has 0 aromatic heterocycles. The first-order valence-corrected chi connectivity index (χ1v) is 4.72. The molecule has 0 saturated heterocycles. The fourth-order valence-electron chi connectivity index (χ4n) is 1.58. The van der Waals surface area contributed by atoms with Crippen molar-refractivity contribution in [3.63, 3.8) is 0 Å². The van der Waals surface area contributed by atoms with Crippen molar-refractivity contribution in [1.82, 2.24) is 0 Å². The molecule has 1 aliphatic rings. The minimum atomic E-state index is 0.257. The topological polar surface area (TPSA) is 9.23 Å². The molecule has 1 heteroatoms. The predicted octanol–water partition coefficient (Wildman–Crippen LogP) is 3.04. The van der Waals surface area contributed by atoms with Gasteiger partial charge in [0.05, 0.1) is 6.10 Å². The molecule has 0 spiro atoms. The third-order valence-electron chi connectivity index (χ3n) is 2.12. The quantitative estimate of drug-likeness (QED) is 0.669. The maximum atomic E-state index is 5.61. The van der Waals surface area contributed by atoms with Crippen molar-refractivity contribution in [3.8, 4) is 5.75 Å².